The lowest BCUT2D eigenvalue weighted by Crippen LogP contribution is -2.16. The molecule has 3 aromatic rings. The largest absolute Gasteiger partial charge is 0.495 e. The summed E-state index contributed by atoms with van der Waals surface area (Å²) in [7, 11) is -0.138. The minimum atomic E-state index is -4.24. The molecule has 2 aromatic carbocycles. The fourth-order valence-electron chi connectivity index (χ4n) is 2.86. The van der Waals surface area contributed by atoms with Gasteiger partial charge in [0.2, 0.25) is 0 Å². The van der Waals surface area contributed by atoms with E-state index >= 15 is 0 Å². The number of aryl methyl sites for hydroxylation is 1. The van der Waals surface area contributed by atoms with Gasteiger partial charge < -0.3 is 23.5 Å². The van der Waals surface area contributed by atoms with Crippen LogP contribution in [0.15, 0.2) is 45.8 Å². The van der Waals surface area contributed by atoms with Crippen molar-refractivity contribution in [3.63, 3.8) is 0 Å². The lowest BCUT2D eigenvalue weighted by Gasteiger charge is -2.16. The molecule has 0 fully saturated rings. The summed E-state index contributed by atoms with van der Waals surface area (Å²) >= 11 is 6.13. The molecule has 0 atom stereocenters. The smallest absolute Gasteiger partial charge is 0.338 e. The lowest BCUT2D eigenvalue weighted by atomic mass is 10.2. The third-order valence-electron chi connectivity index (χ3n) is 4.43. The molecule has 0 amide bonds. The second-order valence-electron chi connectivity index (χ2n) is 6.67. The van der Waals surface area contributed by atoms with Crippen LogP contribution in [0.2, 0.25) is 5.02 Å². The maximum Gasteiger partial charge on any atom is 0.338 e. The van der Waals surface area contributed by atoms with Crippen LogP contribution in [0.4, 0.5) is 5.69 Å². The zero-order chi connectivity index (χ0) is 24.2. The van der Waals surface area contributed by atoms with E-state index in [1.807, 2.05) is 0 Å². The van der Waals surface area contributed by atoms with Crippen molar-refractivity contribution in [1.29, 1.82) is 0 Å². The molecule has 1 heterocycles. The number of hydrogen-bond acceptors (Lipinski definition) is 9. The third kappa shape index (κ3) is 5.49. The van der Waals surface area contributed by atoms with Crippen molar-refractivity contribution < 1.29 is 36.7 Å². The van der Waals surface area contributed by atoms with Crippen molar-refractivity contribution in [1.82, 2.24) is 5.16 Å². The number of carbonyl (C=O) groups excluding carboxylic acids is 1. The monoisotopic (exact) mass is 496 g/mol. The van der Waals surface area contributed by atoms with Crippen LogP contribution in [0.5, 0.6) is 17.2 Å². The molecule has 1 N–H and O–H groups in total. The molecule has 3 rings (SSSR count). The van der Waals surface area contributed by atoms with E-state index in [0.29, 0.717) is 17.2 Å². The number of ether oxygens (including phenoxy) is 4. The zero-order valence-corrected chi connectivity index (χ0v) is 19.7. The normalized spacial score (nSPS) is 11.1. The van der Waals surface area contributed by atoms with Crippen LogP contribution in [0.3, 0.4) is 0 Å². The Hall–Kier alpha value is -3.44. The predicted octanol–water partition coefficient (Wildman–Crippen LogP) is 3.82. The Morgan fingerprint density at radius 3 is 2.33 bits per heavy atom. The first-order valence-corrected chi connectivity index (χ1v) is 11.3. The van der Waals surface area contributed by atoms with Gasteiger partial charge in [-0.2, -0.15) is 0 Å². The van der Waals surface area contributed by atoms with Gasteiger partial charge in [-0.3, -0.25) is 4.72 Å². The van der Waals surface area contributed by atoms with Crippen molar-refractivity contribution >= 4 is 33.3 Å². The average Bonchev–Trinajstić information content (AvgIpc) is 3.22. The Morgan fingerprint density at radius 2 is 1.73 bits per heavy atom. The van der Waals surface area contributed by atoms with Crippen LogP contribution in [0, 0.1) is 6.92 Å². The van der Waals surface area contributed by atoms with Crippen LogP contribution in [0.25, 0.3) is 0 Å². The fourth-order valence-corrected chi connectivity index (χ4v) is 4.36. The van der Waals surface area contributed by atoms with Crippen LogP contribution in [0.1, 0.15) is 21.8 Å². The highest BCUT2D eigenvalue weighted by Crippen LogP contribution is 2.37. The average molecular weight is 497 g/mol. The Labute approximate surface area is 195 Å². The van der Waals surface area contributed by atoms with Gasteiger partial charge in [0.15, 0.2) is 12.4 Å². The van der Waals surface area contributed by atoms with Gasteiger partial charge in [-0.1, -0.05) is 16.8 Å². The lowest BCUT2D eigenvalue weighted by molar-refractivity contribution is 0.0437. The first-order valence-electron chi connectivity index (χ1n) is 9.40. The molecule has 0 bridgehead atoms. The minimum absolute atomic E-state index is 0.00728. The highest BCUT2D eigenvalue weighted by molar-refractivity contribution is 7.92. The number of hydrogen-bond donors (Lipinski definition) is 1. The topological polar surface area (TPSA) is 126 Å². The van der Waals surface area contributed by atoms with Crippen LogP contribution in [-0.2, 0) is 21.4 Å². The number of rotatable bonds is 9. The molecule has 33 heavy (non-hydrogen) atoms. The van der Waals surface area contributed by atoms with Gasteiger partial charge >= 0.3 is 5.97 Å². The summed E-state index contributed by atoms with van der Waals surface area (Å²) in [6, 6.07) is 8.29. The molecule has 10 nitrogen and oxygen atoms in total. The van der Waals surface area contributed by atoms with E-state index in [2.05, 4.69) is 9.88 Å². The first-order chi connectivity index (χ1) is 15.7. The molecule has 0 spiro atoms. The summed E-state index contributed by atoms with van der Waals surface area (Å²) in [5.41, 5.74) is 0.699. The maximum atomic E-state index is 13.2. The Bertz CT molecular complexity index is 1270. The summed E-state index contributed by atoms with van der Waals surface area (Å²) in [6.45, 7) is 1.57. The molecular formula is C21H21ClN2O8S. The molecule has 0 aliphatic rings. The second kappa shape index (κ2) is 10.0. The minimum Gasteiger partial charge on any atom is -0.495 e. The van der Waals surface area contributed by atoms with E-state index in [-0.39, 0.29) is 39.3 Å². The fraction of sp³-hybridized carbons (Fsp3) is 0.238. The first kappa shape index (κ1) is 24.2. The molecule has 176 valence electrons. The summed E-state index contributed by atoms with van der Waals surface area (Å²) in [5.74, 6) is 0.0986. The van der Waals surface area contributed by atoms with Crippen molar-refractivity contribution in [3.8, 4) is 17.2 Å². The number of nitrogens with zero attached hydrogens (tertiary/aromatic N) is 1. The van der Waals surface area contributed by atoms with Crippen molar-refractivity contribution in [2.45, 2.75) is 18.4 Å². The molecule has 0 aliphatic carbocycles. The Kier molecular flexibility index (Phi) is 7.34. The van der Waals surface area contributed by atoms with Crippen LogP contribution >= 0.6 is 11.6 Å². The van der Waals surface area contributed by atoms with Gasteiger partial charge in [-0.25, -0.2) is 13.2 Å². The molecule has 0 aliphatic heterocycles. The standard InChI is InChI=1S/C21H21ClN2O8S/c1-12-7-14(32-23-12)11-31-21(25)13-5-6-17(28-2)20(8-13)33(26,27)24-16-9-15(22)18(29-3)10-19(16)30-4/h5-10,24H,11H2,1-4H3. The molecule has 0 saturated heterocycles. The molecule has 0 saturated carbocycles. The summed E-state index contributed by atoms with van der Waals surface area (Å²) in [5, 5.41) is 3.88. The quantitative estimate of drug-likeness (QED) is 0.440. The second-order valence-corrected chi connectivity index (χ2v) is 8.73. The zero-order valence-electron chi connectivity index (χ0n) is 18.2. The third-order valence-corrected chi connectivity index (χ3v) is 6.11. The highest BCUT2D eigenvalue weighted by atomic mass is 35.5. The number of carbonyl (C=O) groups is 1. The summed E-state index contributed by atoms with van der Waals surface area (Å²) in [6.07, 6.45) is 0. The number of anilines is 1. The van der Waals surface area contributed by atoms with E-state index in [0.717, 1.165) is 6.07 Å². The number of aromatic nitrogens is 1. The van der Waals surface area contributed by atoms with Gasteiger partial charge in [0.1, 0.15) is 22.1 Å². The molecule has 0 unspecified atom stereocenters. The number of methoxy groups -OCH3 is 3. The molecule has 0 radical (unpaired) electrons. The highest BCUT2D eigenvalue weighted by Gasteiger charge is 2.24. The van der Waals surface area contributed by atoms with E-state index in [1.54, 1.807) is 13.0 Å². The number of esters is 1. The summed E-state index contributed by atoms with van der Waals surface area (Å²) in [4.78, 5) is 12.2. The van der Waals surface area contributed by atoms with Gasteiger partial charge in [-0.05, 0) is 31.2 Å². The molecular weight excluding hydrogens is 476 g/mol. The van der Waals surface area contributed by atoms with Gasteiger partial charge in [0.25, 0.3) is 10.0 Å². The Morgan fingerprint density at radius 1 is 1.03 bits per heavy atom. The van der Waals surface area contributed by atoms with Gasteiger partial charge in [0, 0.05) is 12.1 Å². The van der Waals surface area contributed by atoms with E-state index in [9.17, 15) is 13.2 Å². The van der Waals surface area contributed by atoms with E-state index in [4.69, 9.17) is 35.1 Å². The Balaban J connectivity index is 1.90. The van der Waals surface area contributed by atoms with Crippen LogP contribution < -0.4 is 18.9 Å². The SMILES string of the molecule is COc1cc(OC)c(NS(=O)(=O)c2cc(C(=O)OCc3cc(C)no3)ccc2OC)cc1Cl. The molecule has 1 aromatic heterocycles. The maximum absolute atomic E-state index is 13.2. The van der Waals surface area contributed by atoms with Crippen molar-refractivity contribution in [2.24, 2.45) is 0 Å². The molecule has 12 heteroatoms. The van der Waals surface area contributed by atoms with E-state index < -0.39 is 16.0 Å². The van der Waals surface area contributed by atoms with Crippen molar-refractivity contribution in [2.75, 3.05) is 26.1 Å². The van der Waals surface area contributed by atoms with Gasteiger partial charge in [-0.15, -0.1) is 0 Å². The van der Waals surface area contributed by atoms with Crippen LogP contribution in [-0.4, -0.2) is 40.9 Å². The van der Waals surface area contributed by atoms with Crippen molar-refractivity contribution in [3.05, 3.63) is 58.4 Å². The number of halogens is 1. The number of sulfonamides is 1. The number of nitrogens with one attached hydrogen (secondary N) is 1. The van der Waals surface area contributed by atoms with Gasteiger partial charge in [0.05, 0.1) is 43.3 Å². The predicted molar refractivity (Wildman–Crippen MR) is 119 cm³/mol. The van der Waals surface area contributed by atoms with E-state index in [1.165, 1.54) is 45.6 Å². The number of benzene rings is 2. The summed E-state index contributed by atoms with van der Waals surface area (Å²) < 4.78 is 54.5.